The van der Waals surface area contributed by atoms with Crippen molar-refractivity contribution in [2.24, 2.45) is 0 Å². The molecule has 0 bridgehead atoms. The van der Waals surface area contributed by atoms with Crippen molar-refractivity contribution in [2.45, 2.75) is 6.92 Å². The molecule has 132 valence electrons. The molecule has 0 radical (unpaired) electrons. The van der Waals surface area contributed by atoms with E-state index in [0.29, 0.717) is 11.4 Å². The number of nitro groups is 1. The van der Waals surface area contributed by atoms with Crippen molar-refractivity contribution < 1.29 is 9.31 Å². The van der Waals surface area contributed by atoms with Gasteiger partial charge in [0.1, 0.15) is 5.82 Å². The maximum absolute atomic E-state index is 13.3. The summed E-state index contributed by atoms with van der Waals surface area (Å²) in [6.07, 6.45) is 0. The Morgan fingerprint density at radius 3 is 2.46 bits per heavy atom. The smallest absolute Gasteiger partial charge is 0.353 e. The molecule has 4 N–H and O–H groups in total. The lowest BCUT2D eigenvalue weighted by Gasteiger charge is -2.11. The normalized spacial score (nSPS) is 10.4. The molecular formula is C17H15FN6O2. The summed E-state index contributed by atoms with van der Waals surface area (Å²) < 4.78 is 13.3. The van der Waals surface area contributed by atoms with Crippen LogP contribution >= 0.6 is 0 Å². The molecule has 2 aromatic carbocycles. The number of nitrogens with one attached hydrogen (secondary N) is 2. The Morgan fingerprint density at radius 1 is 1.08 bits per heavy atom. The Bertz CT molecular complexity index is 962. The van der Waals surface area contributed by atoms with Crippen molar-refractivity contribution in [3.8, 4) is 0 Å². The monoisotopic (exact) mass is 354 g/mol. The van der Waals surface area contributed by atoms with E-state index in [9.17, 15) is 14.5 Å². The first-order chi connectivity index (χ1) is 12.4. The standard InChI is InChI=1S/C17H15FN6O2/c1-10-5-7-12(8-6-10)20-16-14(24(25)26)15(19)22-17(23-16)21-13-4-2-3-11(18)9-13/h2-9H,1H3,(H4,19,20,21,22,23). The van der Waals surface area contributed by atoms with Crippen LogP contribution < -0.4 is 16.4 Å². The van der Waals surface area contributed by atoms with Gasteiger partial charge >= 0.3 is 5.69 Å². The lowest BCUT2D eigenvalue weighted by Crippen LogP contribution is -2.08. The minimum Gasteiger partial charge on any atom is -0.378 e. The SMILES string of the molecule is Cc1ccc(Nc2nc(Nc3cccc(F)c3)nc(N)c2[N+](=O)[O-])cc1. The summed E-state index contributed by atoms with van der Waals surface area (Å²) in [4.78, 5) is 18.7. The second kappa shape index (κ2) is 7.01. The average Bonchev–Trinajstić information content (AvgIpc) is 2.56. The molecule has 1 heterocycles. The molecule has 0 fully saturated rings. The van der Waals surface area contributed by atoms with Gasteiger partial charge in [-0.15, -0.1) is 0 Å². The zero-order chi connectivity index (χ0) is 18.7. The molecule has 0 amide bonds. The maximum Gasteiger partial charge on any atom is 0.353 e. The molecule has 0 aliphatic heterocycles. The van der Waals surface area contributed by atoms with Gasteiger partial charge < -0.3 is 16.4 Å². The quantitative estimate of drug-likeness (QED) is 0.469. The van der Waals surface area contributed by atoms with Gasteiger partial charge in [0.05, 0.1) is 4.92 Å². The van der Waals surface area contributed by atoms with Crippen molar-refractivity contribution in [1.82, 2.24) is 9.97 Å². The van der Waals surface area contributed by atoms with E-state index in [1.165, 1.54) is 18.2 Å². The fourth-order valence-electron chi connectivity index (χ4n) is 2.26. The fraction of sp³-hybridized carbons (Fsp3) is 0.0588. The van der Waals surface area contributed by atoms with Crippen LogP contribution in [0.2, 0.25) is 0 Å². The number of nitrogens with two attached hydrogens (primary N) is 1. The highest BCUT2D eigenvalue weighted by Gasteiger charge is 2.23. The fourth-order valence-corrected chi connectivity index (χ4v) is 2.26. The number of aryl methyl sites for hydroxylation is 1. The van der Waals surface area contributed by atoms with E-state index in [-0.39, 0.29) is 17.6 Å². The molecular weight excluding hydrogens is 339 g/mol. The van der Waals surface area contributed by atoms with Crippen molar-refractivity contribution in [3.63, 3.8) is 0 Å². The highest BCUT2D eigenvalue weighted by molar-refractivity contribution is 5.75. The number of hydrogen-bond donors (Lipinski definition) is 3. The second-order valence-electron chi connectivity index (χ2n) is 5.51. The van der Waals surface area contributed by atoms with Crippen LogP contribution in [0.4, 0.5) is 39.0 Å². The largest absolute Gasteiger partial charge is 0.378 e. The van der Waals surface area contributed by atoms with Crippen LogP contribution in [0.1, 0.15) is 5.56 Å². The third-order valence-corrected chi connectivity index (χ3v) is 3.49. The van der Waals surface area contributed by atoms with E-state index in [0.717, 1.165) is 5.56 Å². The first-order valence-electron chi connectivity index (χ1n) is 7.60. The molecule has 0 unspecified atom stereocenters. The van der Waals surface area contributed by atoms with Crippen LogP contribution in [-0.2, 0) is 0 Å². The second-order valence-corrected chi connectivity index (χ2v) is 5.51. The van der Waals surface area contributed by atoms with E-state index < -0.39 is 16.4 Å². The molecule has 3 rings (SSSR count). The first kappa shape index (κ1) is 17.1. The Balaban J connectivity index is 1.98. The van der Waals surface area contributed by atoms with Gasteiger partial charge in [-0.1, -0.05) is 23.8 Å². The Kier molecular flexibility index (Phi) is 4.61. The lowest BCUT2D eigenvalue weighted by molar-refractivity contribution is -0.383. The molecule has 0 saturated carbocycles. The maximum atomic E-state index is 13.3. The van der Waals surface area contributed by atoms with E-state index in [4.69, 9.17) is 5.73 Å². The average molecular weight is 354 g/mol. The summed E-state index contributed by atoms with van der Waals surface area (Å²) in [5.41, 5.74) is 7.34. The summed E-state index contributed by atoms with van der Waals surface area (Å²) in [5, 5.41) is 17.0. The highest BCUT2D eigenvalue weighted by atomic mass is 19.1. The molecule has 1 aromatic heterocycles. The minimum atomic E-state index is -0.655. The van der Waals surface area contributed by atoms with Gasteiger partial charge in [-0.3, -0.25) is 10.1 Å². The molecule has 0 spiro atoms. The molecule has 0 saturated heterocycles. The molecule has 9 heteroatoms. The number of aromatic nitrogens is 2. The summed E-state index contributed by atoms with van der Waals surface area (Å²) in [6.45, 7) is 1.93. The van der Waals surface area contributed by atoms with E-state index in [1.54, 1.807) is 18.2 Å². The van der Waals surface area contributed by atoms with E-state index in [1.807, 2.05) is 19.1 Å². The van der Waals surface area contributed by atoms with E-state index >= 15 is 0 Å². The van der Waals surface area contributed by atoms with Crippen LogP contribution in [0.3, 0.4) is 0 Å². The number of halogens is 1. The zero-order valence-corrected chi connectivity index (χ0v) is 13.7. The summed E-state index contributed by atoms with van der Waals surface area (Å²) in [6, 6.07) is 12.9. The van der Waals surface area contributed by atoms with Crippen molar-refractivity contribution >= 4 is 34.6 Å². The van der Waals surface area contributed by atoms with E-state index in [2.05, 4.69) is 20.6 Å². The Labute approximate surface area is 148 Å². The van der Waals surface area contributed by atoms with Crippen LogP contribution in [-0.4, -0.2) is 14.9 Å². The summed E-state index contributed by atoms with van der Waals surface area (Å²) >= 11 is 0. The summed E-state index contributed by atoms with van der Waals surface area (Å²) in [7, 11) is 0. The number of anilines is 5. The third-order valence-electron chi connectivity index (χ3n) is 3.49. The van der Waals surface area contributed by atoms with Gasteiger partial charge in [0.15, 0.2) is 0 Å². The molecule has 0 aliphatic carbocycles. The number of nitrogen functional groups attached to an aromatic ring is 1. The number of hydrogen-bond acceptors (Lipinski definition) is 7. The zero-order valence-electron chi connectivity index (χ0n) is 13.7. The third kappa shape index (κ3) is 3.83. The minimum absolute atomic E-state index is 0.00770. The summed E-state index contributed by atoms with van der Waals surface area (Å²) in [5.74, 6) is -0.806. The number of nitrogens with zero attached hydrogens (tertiary/aromatic N) is 3. The molecule has 26 heavy (non-hydrogen) atoms. The number of benzene rings is 2. The predicted octanol–water partition coefficient (Wildman–Crippen LogP) is 3.90. The number of rotatable bonds is 5. The molecule has 8 nitrogen and oxygen atoms in total. The van der Waals surface area contributed by atoms with Crippen LogP contribution in [0.5, 0.6) is 0 Å². The predicted molar refractivity (Wildman–Crippen MR) is 97.2 cm³/mol. The van der Waals surface area contributed by atoms with Gasteiger partial charge in [0.25, 0.3) is 0 Å². The van der Waals surface area contributed by atoms with Gasteiger partial charge in [-0.25, -0.2) is 4.39 Å². The molecule has 0 atom stereocenters. The van der Waals surface area contributed by atoms with Crippen LogP contribution in [0.15, 0.2) is 48.5 Å². The molecule has 0 aliphatic rings. The van der Waals surface area contributed by atoms with Gasteiger partial charge in [0.2, 0.25) is 17.6 Å². The Morgan fingerprint density at radius 2 is 1.81 bits per heavy atom. The van der Waals surface area contributed by atoms with Gasteiger partial charge in [-0.05, 0) is 37.3 Å². The topological polar surface area (TPSA) is 119 Å². The lowest BCUT2D eigenvalue weighted by atomic mass is 10.2. The Hall–Kier alpha value is -3.75. The van der Waals surface area contributed by atoms with Crippen molar-refractivity contribution in [1.29, 1.82) is 0 Å². The van der Waals surface area contributed by atoms with Gasteiger partial charge in [-0.2, -0.15) is 9.97 Å². The van der Waals surface area contributed by atoms with Crippen molar-refractivity contribution in [2.75, 3.05) is 16.4 Å². The highest BCUT2D eigenvalue weighted by Crippen LogP contribution is 2.32. The van der Waals surface area contributed by atoms with Crippen LogP contribution in [0.25, 0.3) is 0 Å². The first-order valence-corrected chi connectivity index (χ1v) is 7.60. The van der Waals surface area contributed by atoms with Crippen molar-refractivity contribution in [3.05, 3.63) is 70.0 Å². The van der Waals surface area contributed by atoms with Gasteiger partial charge in [0, 0.05) is 11.4 Å². The van der Waals surface area contributed by atoms with Crippen LogP contribution in [0, 0.1) is 22.9 Å². The molecule has 3 aromatic rings.